The van der Waals surface area contributed by atoms with E-state index in [-0.39, 0.29) is 12.1 Å². The van der Waals surface area contributed by atoms with Crippen LogP contribution in [0.4, 0.5) is 4.79 Å². The van der Waals surface area contributed by atoms with Gasteiger partial charge < -0.3 is 15.7 Å². The molecule has 1 aromatic carbocycles. The van der Waals surface area contributed by atoms with Gasteiger partial charge in [0.2, 0.25) is 0 Å². The third kappa shape index (κ3) is 5.66. The molecule has 0 radical (unpaired) electrons. The molecule has 5 nitrogen and oxygen atoms in total. The number of rotatable bonds is 7. The van der Waals surface area contributed by atoms with Crippen molar-refractivity contribution in [3.63, 3.8) is 0 Å². The lowest BCUT2D eigenvalue weighted by molar-refractivity contribution is 0.183. The molecule has 1 heterocycles. The van der Waals surface area contributed by atoms with Crippen LogP contribution in [-0.4, -0.2) is 47.8 Å². The van der Waals surface area contributed by atoms with E-state index in [2.05, 4.69) is 39.8 Å². The molecule has 5 heteroatoms. The molecule has 0 bridgehead atoms. The van der Waals surface area contributed by atoms with Gasteiger partial charge in [0, 0.05) is 25.7 Å². The van der Waals surface area contributed by atoms with E-state index in [0.717, 1.165) is 19.5 Å². The average molecular weight is 305 g/mol. The van der Waals surface area contributed by atoms with Crippen LogP contribution in [-0.2, 0) is 6.54 Å². The fraction of sp³-hybridized carbons (Fsp3) is 0.588. The maximum atomic E-state index is 11.7. The van der Waals surface area contributed by atoms with Crippen molar-refractivity contribution in [1.29, 1.82) is 0 Å². The molecule has 122 valence electrons. The molecule has 1 aliphatic rings. The number of carbonyl (C=O) groups excluding carboxylic acids is 1. The van der Waals surface area contributed by atoms with Crippen LogP contribution in [0.2, 0.25) is 0 Å². The third-order valence-electron chi connectivity index (χ3n) is 4.07. The van der Waals surface area contributed by atoms with Gasteiger partial charge in [0.05, 0.1) is 6.10 Å². The number of hydrogen-bond acceptors (Lipinski definition) is 3. The smallest absolute Gasteiger partial charge is 0.314 e. The zero-order chi connectivity index (χ0) is 15.8. The van der Waals surface area contributed by atoms with Crippen LogP contribution in [0.1, 0.15) is 31.7 Å². The standard InChI is InChI=1S/C17H27N3O2/c1-14(21)9-10-18-17(22)19-12-16-8-5-11-20(16)13-15-6-3-2-4-7-15/h2-4,6-7,14,16,21H,5,8-13H2,1H3,(H2,18,19,22). The highest BCUT2D eigenvalue weighted by Crippen LogP contribution is 2.19. The predicted molar refractivity (Wildman–Crippen MR) is 87.6 cm³/mol. The Balaban J connectivity index is 1.71. The number of nitrogens with one attached hydrogen (secondary N) is 2. The van der Waals surface area contributed by atoms with Crippen molar-refractivity contribution in [1.82, 2.24) is 15.5 Å². The Labute approximate surface area is 132 Å². The highest BCUT2D eigenvalue weighted by Gasteiger charge is 2.24. The van der Waals surface area contributed by atoms with Gasteiger partial charge in [-0.3, -0.25) is 4.90 Å². The molecule has 0 aromatic heterocycles. The molecule has 2 unspecified atom stereocenters. The first-order valence-corrected chi connectivity index (χ1v) is 8.13. The summed E-state index contributed by atoms with van der Waals surface area (Å²) in [6.07, 6.45) is 2.51. The number of hydrogen-bond donors (Lipinski definition) is 3. The van der Waals surface area contributed by atoms with E-state index < -0.39 is 0 Å². The van der Waals surface area contributed by atoms with Gasteiger partial charge in [-0.2, -0.15) is 0 Å². The van der Waals surface area contributed by atoms with Crippen molar-refractivity contribution in [2.24, 2.45) is 0 Å². The number of carbonyl (C=O) groups is 1. The quantitative estimate of drug-likeness (QED) is 0.719. The van der Waals surface area contributed by atoms with E-state index in [9.17, 15) is 4.79 Å². The summed E-state index contributed by atoms with van der Waals surface area (Å²) in [5.41, 5.74) is 1.32. The van der Waals surface area contributed by atoms with Gasteiger partial charge in [-0.25, -0.2) is 4.79 Å². The summed E-state index contributed by atoms with van der Waals surface area (Å²) in [4.78, 5) is 14.2. The van der Waals surface area contributed by atoms with Crippen LogP contribution in [0, 0.1) is 0 Å². The first-order chi connectivity index (χ1) is 10.6. The van der Waals surface area contributed by atoms with Gasteiger partial charge in [-0.05, 0) is 38.3 Å². The first-order valence-electron chi connectivity index (χ1n) is 8.13. The Morgan fingerprint density at radius 1 is 1.36 bits per heavy atom. The summed E-state index contributed by atoms with van der Waals surface area (Å²) in [5.74, 6) is 0. The Kier molecular flexibility index (Phi) is 6.68. The summed E-state index contributed by atoms with van der Waals surface area (Å²) in [6.45, 7) is 4.93. The monoisotopic (exact) mass is 305 g/mol. The SMILES string of the molecule is CC(O)CCNC(=O)NCC1CCCN1Cc1ccccc1. The van der Waals surface area contributed by atoms with Crippen molar-refractivity contribution in [2.45, 2.75) is 44.9 Å². The Morgan fingerprint density at radius 2 is 2.14 bits per heavy atom. The van der Waals surface area contributed by atoms with Crippen LogP contribution >= 0.6 is 0 Å². The predicted octanol–water partition coefficient (Wildman–Crippen LogP) is 1.72. The van der Waals surface area contributed by atoms with Crippen molar-refractivity contribution in [2.75, 3.05) is 19.6 Å². The summed E-state index contributed by atoms with van der Waals surface area (Å²) < 4.78 is 0. The highest BCUT2D eigenvalue weighted by atomic mass is 16.3. The minimum Gasteiger partial charge on any atom is -0.393 e. The van der Waals surface area contributed by atoms with Crippen LogP contribution in [0.25, 0.3) is 0 Å². The van der Waals surface area contributed by atoms with E-state index in [0.29, 0.717) is 25.6 Å². The Bertz CT molecular complexity index is 450. The van der Waals surface area contributed by atoms with Crippen molar-refractivity contribution in [3.8, 4) is 0 Å². The van der Waals surface area contributed by atoms with Crippen LogP contribution in [0.3, 0.4) is 0 Å². The lowest BCUT2D eigenvalue weighted by Gasteiger charge is -2.24. The van der Waals surface area contributed by atoms with Crippen molar-refractivity contribution >= 4 is 6.03 Å². The topological polar surface area (TPSA) is 64.6 Å². The van der Waals surface area contributed by atoms with Gasteiger partial charge in [-0.1, -0.05) is 30.3 Å². The minimum absolute atomic E-state index is 0.146. The third-order valence-corrected chi connectivity index (χ3v) is 4.07. The molecule has 1 fully saturated rings. The van der Waals surface area contributed by atoms with E-state index in [4.69, 9.17) is 5.11 Å². The van der Waals surface area contributed by atoms with Crippen molar-refractivity contribution < 1.29 is 9.90 Å². The molecule has 2 atom stereocenters. The fourth-order valence-electron chi connectivity index (χ4n) is 2.82. The normalized spacial score (nSPS) is 19.8. The molecule has 1 aliphatic heterocycles. The number of aliphatic hydroxyl groups excluding tert-OH is 1. The summed E-state index contributed by atoms with van der Waals surface area (Å²) >= 11 is 0. The lowest BCUT2D eigenvalue weighted by Crippen LogP contribution is -2.44. The van der Waals surface area contributed by atoms with Crippen LogP contribution in [0.15, 0.2) is 30.3 Å². The van der Waals surface area contributed by atoms with Crippen molar-refractivity contribution in [3.05, 3.63) is 35.9 Å². The first kappa shape index (κ1) is 16.8. The van der Waals surface area contributed by atoms with E-state index in [1.54, 1.807) is 6.92 Å². The molecule has 0 aliphatic carbocycles. The van der Waals surface area contributed by atoms with E-state index >= 15 is 0 Å². The highest BCUT2D eigenvalue weighted by molar-refractivity contribution is 5.73. The molecular weight excluding hydrogens is 278 g/mol. The molecule has 0 saturated carbocycles. The Morgan fingerprint density at radius 3 is 2.86 bits per heavy atom. The molecule has 0 spiro atoms. The summed E-state index contributed by atoms with van der Waals surface area (Å²) in [6, 6.07) is 10.7. The average Bonchev–Trinajstić information content (AvgIpc) is 2.93. The number of benzene rings is 1. The van der Waals surface area contributed by atoms with Crippen LogP contribution in [0.5, 0.6) is 0 Å². The zero-order valence-electron chi connectivity index (χ0n) is 13.3. The van der Waals surface area contributed by atoms with Gasteiger partial charge in [0.25, 0.3) is 0 Å². The molecule has 22 heavy (non-hydrogen) atoms. The molecule has 1 saturated heterocycles. The number of urea groups is 1. The lowest BCUT2D eigenvalue weighted by atomic mass is 10.2. The maximum Gasteiger partial charge on any atom is 0.314 e. The largest absolute Gasteiger partial charge is 0.393 e. The second-order valence-corrected chi connectivity index (χ2v) is 6.03. The second-order valence-electron chi connectivity index (χ2n) is 6.03. The molecule has 1 aromatic rings. The number of amides is 2. The zero-order valence-corrected chi connectivity index (χ0v) is 13.3. The molecule has 3 N–H and O–H groups in total. The second kappa shape index (κ2) is 8.76. The number of likely N-dealkylation sites (tertiary alicyclic amines) is 1. The summed E-state index contributed by atoms with van der Waals surface area (Å²) in [5, 5.41) is 14.9. The van der Waals surface area contributed by atoms with Gasteiger partial charge in [0.15, 0.2) is 0 Å². The molecule has 2 rings (SSSR count). The number of aliphatic hydroxyl groups is 1. The van der Waals surface area contributed by atoms with Gasteiger partial charge in [-0.15, -0.1) is 0 Å². The minimum atomic E-state index is -0.378. The van der Waals surface area contributed by atoms with Crippen LogP contribution < -0.4 is 10.6 Å². The maximum absolute atomic E-state index is 11.7. The van der Waals surface area contributed by atoms with E-state index in [1.807, 2.05) is 6.07 Å². The molecular formula is C17H27N3O2. The Hall–Kier alpha value is -1.59. The number of nitrogens with zero attached hydrogens (tertiary/aromatic N) is 1. The van der Waals surface area contributed by atoms with Gasteiger partial charge >= 0.3 is 6.03 Å². The van der Waals surface area contributed by atoms with Gasteiger partial charge in [0.1, 0.15) is 0 Å². The fourth-order valence-corrected chi connectivity index (χ4v) is 2.82. The summed E-state index contributed by atoms with van der Waals surface area (Å²) in [7, 11) is 0. The van der Waals surface area contributed by atoms with E-state index in [1.165, 1.54) is 12.0 Å². The molecule has 2 amide bonds.